The lowest BCUT2D eigenvalue weighted by Crippen LogP contribution is -2.54. The number of benzene rings is 3. The quantitative estimate of drug-likeness (QED) is 0.567. The molecule has 0 fully saturated rings. The molecule has 0 saturated heterocycles. The van der Waals surface area contributed by atoms with Crippen LogP contribution < -0.4 is 5.32 Å². The number of amides is 3. The van der Waals surface area contributed by atoms with Crippen LogP contribution >= 0.6 is 0 Å². The van der Waals surface area contributed by atoms with Crippen molar-refractivity contribution in [1.29, 1.82) is 0 Å². The van der Waals surface area contributed by atoms with E-state index in [4.69, 9.17) is 4.74 Å². The molecule has 0 aromatic heterocycles. The first-order valence-corrected chi connectivity index (χ1v) is 10.7. The van der Waals surface area contributed by atoms with Crippen LogP contribution in [0.1, 0.15) is 27.0 Å². The zero-order valence-corrected chi connectivity index (χ0v) is 18.3. The third-order valence-electron chi connectivity index (χ3n) is 5.57. The average molecular weight is 444 g/mol. The van der Waals surface area contributed by atoms with Crippen LogP contribution in [-0.4, -0.2) is 41.1 Å². The number of carbonyl (C=O) groups is 3. The Bertz CT molecular complexity index is 1130. The minimum Gasteiger partial charge on any atom is -0.467 e. The molecule has 33 heavy (non-hydrogen) atoms. The maximum absolute atomic E-state index is 13.5. The summed E-state index contributed by atoms with van der Waals surface area (Å²) in [7, 11) is 1.29. The zero-order valence-electron chi connectivity index (χ0n) is 18.3. The molecule has 3 aromatic carbocycles. The van der Waals surface area contributed by atoms with Gasteiger partial charge in [0.05, 0.1) is 20.2 Å². The molecule has 1 heterocycles. The molecule has 0 saturated carbocycles. The van der Waals surface area contributed by atoms with Gasteiger partial charge in [-0.05, 0) is 22.8 Å². The van der Waals surface area contributed by atoms with Crippen LogP contribution in [-0.2, 0) is 29.0 Å². The lowest BCUT2D eigenvalue weighted by Gasteiger charge is -2.33. The summed E-state index contributed by atoms with van der Waals surface area (Å²) in [5.41, 5.74) is 3.15. The summed E-state index contributed by atoms with van der Waals surface area (Å²) in [4.78, 5) is 39.0. The normalized spacial score (nSPS) is 13.2. The van der Waals surface area contributed by atoms with Gasteiger partial charge in [-0.15, -0.1) is 0 Å². The van der Waals surface area contributed by atoms with Crippen LogP contribution in [0.3, 0.4) is 0 Å². The third-order valence-corrected chi connectivity index (χ3v) is 5.57. The number of hydrogen-bond acceptors (Lipinski definition) is 4. The number of rotatable bonds is 7. The molecule has 1 aliphatic rings. The van der Waals surface area contributed by atoms with Gasteiger partial charge < -0.3 is 10.1 Å². The predicted molar refractivity (Wildman–Crippen MR) is 123 cm³/mol. The van der Waals surface area contributed by atoms with Crippen LogP contribution in [0, 0.1) is 0 Å². The topological polar surface area (TPSA) is 79.0 Å². The van der Waals surface area contributed by atoms with E-state index in [1.54, 1.807) is 12.1 Å². The Balaban J connectivity index is 1.59. The fourth-order valence-electron chi connectivity index (χ4n) is 3.87. The molecule has 1 N–H and O–H groups in total. The minimum absolute atomic E-state index is 0.172. The zero-order chi connectivity index (χ0) is 23.2. The summed E-state index contributed by atoms with van der Waals surface area (Å²) in [6.45, 7) is 0.447. The van der Waals surface area contributed by atoms with E-state index in [1.807, 2.05) is 72.8 Å². The molecule has 3 aromatic rings. The number of fused-ring (bicyclic) bond motifs is 1. The van der Waals surface area contributed by atoms with Crippen molar-refractivity contribution in [2.45, 2.75) is 25.6 Å². The summed E-state index contributed by atoms with van der Waals surface area (Å²) in [5.74, 6) is -0.808. The van der Waals surface area contributed by atoms with Gasteiger partial charge in [0, 0.05) is 12.0 Å². The van der Waals surface area contributed by atoms with Gasteiger partial charge in [-0.25, -0.2) is 19.6 Å². The van der Waals surface area contributed by atoms with Gasteiger partial charge >= 0.3 is 12.0 Å². The molecule has 7 heteroatoms. The van der Waals surface area contributed by atoms with Gasteiger partial charge in [0.2, 0.25) is 0 Å². The highest BCUT2D eigenvalue weighted by atomic mass is 16.5. The Labute approximate surface area is 192 Å². The summed E-state index contributed by atoms with van der Waals surface area (Å²) >= 11 is 0. The van der Waals surface area contributed by atoms with E-state index in [1.165, 1.54) is 17.1 Å². The van der Waals surface area contributed by atoms with Gasteiger partial charge in [-0.1, -0.05) is 78.9 Å². The Morgan fingerprint density at radius 3 is 2.18 bits per heavy atom. The standard InChI is InChI=1S/C26H25N3O4/c1-33-25(31)23(16-19-10-4-2-5-11-19)27-26(32)29(17-20-12-6-3-7-13-20)28-18-21-14-8-9-15-22(21)24(28)30/h2-15,23H,16-18H2,1H3,(H,27,32)/t23-/m0/s1. The molecule has 3 amide bonds. The fourth-order valence-corrected chi connectivity index (χ4v) is 3.87. The van der Waals surface area contributed by atoms with Crippen molar-refractivity contribution >= 4 is 17.9 Å². The van der Waals surface area contributed by atoms with Crippen LogP contribution in [0.25, 0.3) is 0 Å². The van der Waals surface area contributed by atoms with Crippen molar-refractivity contribution in [3.05, 3.63) is 107 Å². The molecule has 1 aliphatic heterocycles. The van der Waals surface area contributed by atoms with E-state index in [2.05, 4.69) is 5.32 Å². The number of nitrogens with one attached hydrogen (secondary N) is 1. The van der Waals surface area contributed by atoms with Crippen molar-refractivity contribution in [3.8, 4) is 0 Å². The number of methoxy groups -OCH3 is 1. The third kappa shape index (κ3) is 5.03. The van der Waals surface area contributed by atoms with E-state index in [9.17, 15) is 14.4 Å². The SMILES string of the molecule is COC(=O)[C@H](Cc1ccccc1)NC(=O)N(Cc1ccccc1)N1Cc2ccccc2C1=O. The highest BCUT2D eigenvalue weighted by Gasteiger charge is 2.35. The molecule has 0 unspecified atom stereocenters. The van der Waals surface area contributed by atoms with Crippen LogP contribution in [0.5, 0.6) is 0 Å². The summed E-state index contributed by atoms with van der Waals surface area (Å²) in [6.07, 6.45) is 0.270. The highest BCUT2D eigenvalue weighted by molar-refractivity contribution is 5.99. The summed E-state index contributed by atoms with van der Waals surface area (Å²) in [6, 6.07) is 24.6. The largest absolute Gasteiger partial charge is 0.467 e. The second kappa shape index (κ2) is 9.99. The Morgan fingerprint density at radius 1 is 0.939 bits per heavy atom. The van der Waals surface area contributed by atoms with Gasteiger partial charge in [-0.2, -0.15) is 0 Å². The van der Waals surface area contributed by atoms with Gasteiger partial charge in [0.15, 0.2) is 0 Å². The highest BCUT2D eigenvalue weighted by Crippen LogP contribution is 2.25. The molecule has 0 radical (unpaired) electrons. The van der Waals surface area contributed by atoms with Gasteiger partial charge in [-0.3, -0.25) is 4.79 Å². The smallest absolute Gasteiger partial charge is 0.337 e. The average Bonchev–Trinajstić information content (AvgIpc) is 3.19. The monoisotopic (exact) mass is 443 g/mol. The number of esters is 1. The van der Waals surface area contributed by atoms with E-state index < -0.39 is 18.0 Å². The summed E-state index contributed by atoms with van der Waals surface area (Å²) in [5, 5.41) is 5.56. The molecular formula is C26H25N3O4. The second-order valence-electron chi connectivity index (χ2n) is 7.78. The first kappa shape index (κ1) is 22.1. The Morgan fingerprint density at radius 2 is 1.55 bits per heavy atom. The molecule has 168 valence electrons. The van der Waals surface area contributed by atoms with Crippen LogP contribution in [0.15, 0.2) is 84.9 Å². The first-order chi connectivity index (χ1) is 16.1. The molecular weight excluding hydrogens is 418 g/mol. The van der Waals surface area contributed by atoms with Crippen molar-refractivity contribution in [2.24, 2.45) is 0 Å². The number of hydrazine groups is 1. The van der Waals surface area contributed by atoms with E-state index in [-0.39, 0.29) is 25.4 Å². The molecule has 0 spiro atoms. The number of urea groups is 1. The molecule has 7 nitrogen and oxygen atoms in total. The number of hydrogen-bond donors (Lipinski definition) is 1. The van der Waals surface area contributed by atoms with E-state index in [0.29, 0.717) is 5.56 Å². The van der Waals surface area contributed by atoms with Crippen molar-refractivity contribution in [2.75, 3.05) is 7.11 Å². The predicted octanol–water partition coefficient (Wildman–Crippen LogP) is 3.55. The van der Waals surface area contributed by atoms with Crippen molar-refractivity contribution in [1.82, 2.24) is 15.3 Å². The molecule has 0 aliphatic carbocycles. The lowest BCUT2D eigenvalue weighted by atomic mass is 10.1. The van der Waals surface area contributed by atoms with Gasteiger partial charge in [0.1, 0.15) is 6.04 Å². The van der Waals surface area contributed by atoms with Crippen LogP contribution in [0.4, 0.5) is 4.79 Å². The van der Waals surface area contributed by atoms with Crippen LogP contribution in [0.2, 0.25) is 0 Å². The van der Waals surface area contributed by atoms with E-state index >= 15 is 0 Å². The molecule has 0 bridgehead atoms. The number of ether oxygens (including phenoxy) is 1. The Hall–Kier alpha value is -4.13. The molecule has 1 atom stereocenters. The number of nitrogens with zero attached hydrogens (tertiary/aromatic N) is 2. The Kier molecular flexibility index (Phi) is 6.69. The second-order valence-corrected chi connectivity index (χ2v) is 7.78. The van der Waals surface area contributed by atoms with E-state index in [0.717, 1.165) is 16.7 Å². The lowest BCUT2D eigenvalue weighted by molar-refractivity contribution is -0.142. The molecule has 4 rings (SSSR count). The maximum Gasteiger partial charge on any atom is 0.337 e. The maximum atomic E-state index is 13.5. The fraction of sp³-hybridized carbons (Fsp3) is 0.192. The number of carbonyl (C=O) groups excluding carboxylic acids is 3. The van der Waals surface area contributed by atoms with Gasteiger partial charge in [0.25, 0.3) is 5.91 Å². The van der Waals surface area contributed by atoms with Crippen molar-refractivity contribution in [3.63, 3.8) is 0 Å². The summed E-state index contributed by atoms with van der Waals surface area (Å²) < 4.78 is 4.93. The first-order valence-electron chi connectivity index (χ1n) is 10.7. The minimum atomic E-state index is -0.900. The van der Waals surface area contributed by atoms with Crippen molar-refractivity contribution < 1.29 is 19.1 Å².